The first-order chi connectivity index (χ1) is 11.1. The number of aromatic hydroxyl groups is 1. The van der Waals surface area contributed by atoms with Crippen LogP contribution in [-0.2, 0) is 11.2 Å². The second kappa shape index (κ2) is 9.20. The summed E-state index contributed by atoms with van der Waals surface area (Å²) in [5, 5.41) is 12.5. The quantitative estimate of drug-likeness (QED) is 0.571. The maximum atomic E-state index is 12.8. The van der Waals surface area contributed by atoms with Crippen LogP contribution in [0.25, 0.3) is 0 Å². The van der Waals surface area contributed by atoms with Gasteiger partial charge in [0.1, 0.15) is 11.6 Å². The Kier molecular flexibility index (Phi) is 6.94. The molecule has 0 saturated heterocycles. The number of thioether (sulfide) groups is 1. The standard InChI is InChI=1S/C18H20FNO2S/c19-15-7-9-16(10-8-15)23-13-3-12-20-18(22)11-6-14-4-1-2-5-17(14)21/h1-2,4-5,7-10,21H,3,6,11-13H2,(H,20,22). The van der Waals surface area contributed by atoms with E-state index in [0.29, 0.717) is 19.4 Å². The Balaban J connectivity index is 1.58. The molecule has 1 amide bonds. The van der Waals surface area contributed by atoms with Gasteiger partial charge < -0.3 is 10.4 Å². The molecule has 2 aromatic carbocycles. The number of carbonyl (C=O) groups excluding carboxylic acids is 1. The van der Waals surface area contributed by atoms with Crippen molar-refractivity contribution in [1.29, 1.82) is 0 Å². The molecule has 5 heteroatoms. The minimum absolute atomic E-state index is 0.0139. The first-order valence-corrected chi connectivity index (χ1v) is 8.55. The number of amides is 1. The van der Waals surface area contributed by atoms with E-state index in [2.05, 4.69) is 5.32 Å². The van der Waals surface area contributed by atoms with Gasteiger partial charge in [0.2, 0.25) is 5.91 Å². The Morgan fingerprint density at radius 1 is 1.13 bits per heavy atom. The van der Waals surface area contributed by atoms with Gasteiger partial charge in [0.05, 0.1) is 0 Å². The average Bonchev–Trinajstić information content (AvgIpc) is 2.55. The first-order valence-electron chi connectivity index (χ1n) is 7.57. The molecule has 0 aromatic heterocycles. The van der Waals surface area contributed by atoms with Crippen LogP contribution in [0.15, 0.2) is 53.4 Å². The summed E-state index contributed by atoms with van der Waals surface area (Å²) in [7, 11) is 0. The van der Waals surface area contributed by atoms with E-state index in [0.717, 1.165) is 22.6 Å². The van der Waals surface area contributed by atoms with Gasteiger partial charge in [-0.2, -0.15) is 0 Å². The molecule has 0 aliphatic rings. The van der Waals surface area contributed by atoms with Crippen LogP contribution in [0.5, 0.6) is 5.75 Å². The van der Waals surface area contributed by atoms with Crippen LogP contribution in [0.2, 0.25) is 0 Å². The molecule has 0 bridgehead atoms. The number of aryl methyl sites for hydroxylation is 1. The summed E-state index contributed by atoms with van der Waals surface area (Å²) < 4.78 is 12.8. The third-order valence-corrected chi connectivity index (χ3v) is 4.44. The Morgan fingerprint density at radius 2 is 1.87 bits per heavy atom. The van der Waals surface area contributed by atoms with Crippen LogP contribution in [0, 0.1) is 5.82 Å². The minimum Gasteiger partial charge on any atom is -0.508 e. The van der Waals surface area contributed by atoms with Crippen molar-refractivity contribution >= 4 is 17.7 Å². The number of hydrogen-bond donors (Lipinski definition) is 2. The van der Waals surface area contributed by atoms with Crippen LogP contribution in [-0.4, -0.2) is 23.3 Å². The predicted molar refractivity (Wildman–Crippen MR) is 91.2 cm³/mol. The number of halogens is 1. The summed E-state index contributed by atoms with van der Waals surface area (Å²) in [5.74, 6) is 0.855. The summed E-state index contributed by atoms with van der Waals surface area (Å²) >= 11 is 1.64. The monoisotopic (exact) mass is 333 g/mol. The fraction of sp³-hybridized carbons (Fsp3) is 0.278. The van der Waals surface area contributed by atoms with Crippen molar-refractivity contribution in [3.63, 3.8) is 0 Å². The SMILES string of the molecule is O=C(CCc1ccccc1O)NCCCSc1ccc(F)cc1. The number of benzene rings is 2. The number of phenolic OH excluding ortho intramolecular Hbond substituents is 1. The lowest BCUT2D eigenvalue weighted by Gasteiger charge is -2.06. The maximum absolute atomic E-state index is 12.8. The van der Waals surface area contributed by atoms with Crippen LogP contribution in [0.1, 0.15) is 18.4 Å². The smallest absolute Gasteiger partial charge is 0.220 e. The molecule has 2 rings (SSSR count). The number of phenols is 1. The van der Waals surface area contributed by atoms with Crippen LogP contribution >= 0.6 is 11.8 Å². The van der Waals surface area contributed by atoms with E-state index in [9.17, 15) is 14.3 Å². The molecule has 0 radical (unpaired) electrons. The lowest BCUT2D eigenvalue weighted by atomic mass is 10.1. The third-order valence-electron chi connectivity index (χ3n) is 3.34. The van der Waals surface area contributed by atoms with E-state index in [4.69, 9.17) is 0 Å². The second-order valence-electron chi connectivity index (χ2n) is 5.13. The molecule has 0 unspecified atom stereocenters. The number of rotatable bonds is 8. The highest BCUT2D eigenvalue weighted by Crippen LogP contribution is 2.19. The predicted octanol–water partition coefficient (Wildman–Crippen LogP) is 3.76. The third kappa shape index (κ3) is 6.32. The van der Waals surface area contributed by atoms with Gasteiger partial charge in [-0.3, -0.25) is 4.79 Å². The van der Waals surface area contributed by atoms with Crippen LogP contribution < -0.4 is 5.32 Å². The minimum atomic E-state index is -0.230. The Hall–Kier alpha value is -2.01. The fourth-order valence-corrected chi connectivity index (χ4v) is 2.93. The molecular weight excluding hydrogens is 313 g/mol. The van der Waals surface area contributed by atoms with Gasteiger partial charge in [0, 0.05) is 17.9 Å². The summed E-state index contributed by atoms with van der Waals surface area (Å²) in [6, 6.07) is 13.5. The molecular formula is C18H20FNO2S. The zero-order chi connectivity index (χ0) is 16.5. The lowest BCUT2D eigenvalue weighted by molar-refractivity contribution is -0.121. The van der Waals surface area contributed by atoms with E-state index in [1.54, 1.807) is 36.0 Å². The van der Waals surface area contributed by atoms with E-state index in [1.807, 2.05) is 12.1 Å². The van der Waals surface area contributed by atoms with Crippen molar-refractivity contribution < 1.29 is 14.3 Å². The summed E-state index contributed by atoms with van der Waals surface area (Å²) in [5.41, 5.74) is 0.787. The van der Waals surface area contributed by atoms with Gasteiger partial charge in [-0.25, -0.2) is 4.39 Å². The van der Waals surface area contributed by atoms with Gasteiger partial charge in [0.25, 0.3) is 0 Å². The molecule has 0 aliphatic carbocycles. The molecule has 0 atom stereocenters. The molecule has 23 heavy (non-hydrogen) atoms. The Labute approximate surface area is 139 Å². The lowest BCUT2D eigenvalue weighted by Crippen LogP contribution is -2.24. The molecule has 3 nitrogen and oxygen atoms in total. The van der Waals surface area contributed by atoms with Crippen molar-refractivity contribution in [2.24, 2.45) is 0 Å². The molecule has 2 N–H and O–H groups in total. The van der Waals surface area contributed by atoms with Crippen molar-refractivity contribution in [1.82, 2.24) is 5.32 Å². The molecule has 122 valence electrons. The topological polar surface area (TPSA) is 49.3 Å². The number of nitrogens with one attached hydrogen (secondary N) is 1. The molecule has 0 spiro atoms. The highest BCUT2D eigenvalue weighted by atomic mass is 32.2. The number of para-hydroxylation sites is 1. The van der Waals surface area contributed by atoms with E-state index >= 15 is 0 Å². The summed E-state index contributed by atoms with van der Waals surface area (Å²) in [4.78, 5) is 12.8. The van der Waals surface area contributed by atoms with Gasteiger partial charge in [0.15, 0.2) is 0 Å². The van der Waals surface area contributed by atoms with Gasteiger partial charge >= 0.3 is 0 Å². The van der Waals surface area contributed by atoms with Crippen LogP contribution in [0.3, 0.4) is 0 Å². The highest BCUT2D eigenvalue weighted by molar-refractivity contribution is 7.99. The van der Waals surface area contributed by atoms with Crippen molar-refractivity contribution in [2.45, 2.75) is 24.2 Å². The Bertz CT molecular complexity index is 631. The molecule has 0 aliphatic heterocycles. The summed E-state index contributed by atoms with van der Waals surface area (Å²) in [6.45, 7) is 0.619. The fourth-order valence-electron chi connectivity index (χ4n) is 2.08. The Morgan fingerprint density at radius 3 is 2.61 bits per heavy atom. The van der Waals surface area contributed by atoms with Gasteiger partial charge in [-0.05, 0) is 54.5 Å². The molecule has 0 saturated carbocycles. The van der Waals surface area contributed by atoms with Crippen molar-refractivity contribution in [2.75, 3.05) is 12.3 Å². The molecule has 0 heterocycles. The van der Waals surface area contributed by atoms with Crippen molar-refractivity contribution in [3.05, 3.63) is 59.9 Å². The number of hydrogen-bond acceptors (Lipinski definition) is 3. The maximum Gasteiger partial charge on any atom is 0.220 e. The normalized spacial score (nSPS) is 10.5. The van der Waals surface area contributed by atoms with E-state index < -0.39 is 0 Å². The summed E-state index contributed by atoms with van der Waals surface area (Å²) in [6.07, 6.45) is 1.75. The van der Waals surface area contributed by atoms with E-state index in [1.165, 1.54) is 12.1 Å². The zero-order valence-corrected chi connectivity index (χ0v) is 13.6. The highest BCUT2D eigenvalue weighted by Gasteiger charge is 2.04. The van der Waals surface area contributed by atoms with Crippen LogP contribution in [0.4, 0.5) is 4.39 Å². The van der Waals surface area contributed by atoms with Gasteiger partial charge in [-0.1, -0.05) is 18.2 Å². The second-order valence-corrected chi connectivity index (χ2v) is 6.30. The number of carbonyl (C=O) groups is 1. The first kappa shape index (κ1) is 17.3. The van der Waals surface area contributed by atoms with Gasteiger partial charge in [-0.15, -0.1) is 11.8 Å². The van der Waals surface area contributed by atoms with Crippen molar-refractivity contribution in [3.8, 4) is 5.75 Å². The molecule has 2 aromatic rings. The largest absolute Gasteiger partial charge is 0.508 e. The van der Waals surface area contributed by atoms with E-state index in [-0.39, 0.29) is 17.5 Å². The zero-order valence-electron chi connectivity index (χ0n) is 12.8. The molecule has 0 fully saturated rings. The average molecular weight is 333 g/mol.